The van der Waals surface area contributed by atoms with Crippen LogP contribution in [0.5, 0.6) is 5.75 Å². The van der Waals surface area contributed by atoms with Crippen molar-refractivity contribution in [2.75, 3.05) is 6.61 Å². The Hall–Kier alpha value is -1.02. The van der Waals surface area contributed by atoms with E-state index in [1.807, 2.05) is 6.07 Å². The van der Waals surface area contributed by atoms with Gasteiger partial charge in [0, 0.05) is 0 Å². The molecule has 0 fully saturated rings. The predicted octanol–water partition coefficient (Wildman–Crippen LogP) is 3.31. The Labute approximate surface area is 98.3 Å². The number of aliphatic hydroxyl groups excluding tert-OH is 1. The Kier molecular flexibility index (Phi) is 5.94. The Bertz CT molecular complexity index is 308. The van der Waals surface area contributed by atoms with Crippen molar-refractivity contribution in [2.45, 2.75) is 46.1 Å². The van der Waals surface area contributed by atoms with Crippen LogP contribution in [0, 0.1) is 0 Å². The highest BCUT2D eigenvalue weighted by Gasteiger charge is 2.01. The third kappa shape index (κ3) is 4.23. The standard InChI is InChI=1S/C14H22O2/c1-3-5-7-16-14-9-12(6-4-2)8-13(10-14)11-15/h8-10,15H,3-7,11H2,1-2H3. The normalized spacial score (nSPS) is 10.4. The Balaban J connectivity index is 2.69. The summed E-state index contributed by atoms with van der Waals surface area (Å²) in [6, 6.07) is 6.06. The van der Waals surface area contributed by atoms with Gasteiger partial charge in [-0.15, -0.1) is 0 Å². The van der Waals surface area contributed by atoms with E-state index in [-0.39, 0.29) is 6.61 Å². The van der Waals surface area contributed by atoms with Gasteiger partial charge in [0.05, 0.1) is 13.2 Å². The lowest BCUT2D eigenvalue weighted by Gasteiger charge is -2.09. The van der Waals surface area contributed by atoms with Gasteiger partial charge in [-0.1, -0.05) is 32.8 Å². The van der Waals surface area contributed by atoms with E-state index < -0.39 is 0 Å². The molecule has 0 saturated heterocycles. The number of benzene rings is 1. The molecule has 1 aromatic rings. The van der Waals surface area contributed by atoms with Gasteiger partial charge in [-0.2, -0.15) is 0 Å². The fraction of sp³-hybridized carbons (Fsp3) is 0.571. The highest BCUT2D eigenvalue weighted by Crippen LogP contribution is 2.19. The molecule has 1 rings (SSSR count). The zero-order chi connectivity index (χ0) is 11.8. The van der Waals surface area contributed by atoms with Gasteiger partial charge in [0.15, 0.2) is 0 Å². The molecule has 0 spiro atoms. The molecule has 0 unspecified atom stereocenters. The molecule has 0 aliphatic rings. The van der Waals surface area contributed by atoms with E-state index in [2.05, 4.69) is 26.0 Å². The molecule has 0 bridgehead atoms. The molecular formula is C14H22O2. The SMILES string of the molecule is CCCCOc1cc(CO)cc(CCC)c1. The molecule has 0 atom stereocenters. The Morgan fingerprint density at radius 2 is 1.81 bits per heavy atom. The Morgan fingerprint density at radius 3 is 2.44 bits per heavy atom. The maximum absolute atomic E-state index is 9.17. The lowest BCUT2D eigenvalue weighted by atomic mass is 10.1. The van der Waals surface area contributed by atoms with Crippen molar-refractivity contribution < 1.29 is 9.84 Å². The summed E-state index contributed by atoms with van der Waals surface area (Å²) in [6.45, 7) is 5.15. The largest absolute Gasteiger partial charge is 0.494 e. The van der Waals surface area contributed by atoms with Crippen LogP contribution in [0.25, 0.3) is 0 Å². The van der Waals surface area contributed by atoms with Crippen LogP contribution in [-0.4, -0.2) is 11.7 Å². The van der Waals surface area contributed by atoms with E-state index in [1.54, 1.807) is 0 Å². The molecular weight excluding hydrogens is 200 g/mol. The monoisotopic (exact) mass is 222 g/mol. The first-order valence-electron chi connectivity index (χ1n) is 6.16. The van der Waals surface area contributed by atoms with Gasteiger partial charge in [-0.3, -0.25) is 0 Å². The third-order valence-electron chi connectivity index (χ3n) is 2.51. The molecule has 90 valence electrons. The summed E-state index contributed by atoms with van der Waals surface area (Å²) in [5, 5.41) is 9.17. The van der Waals surface area contributed by atoms with Gasteiger partial charge >= 0.3 is 0 Å². The minimum atomic E-state index is 0.0850. The number of aliphatic hydroxyl groups is 1. The lowest BCUT2D eigenvalue weighted by Crippen LogP contribution is -1.98. The second-order valence-corrected chi connectivity index (χ2v) is 4.10. The molecule has 2 heteroatoms. The first-order chi connectivity index (χ1) is 7.80. The van der Waals surface area contributed by atoms with Crippen molar-refractivity contribution in [1.82, 2.24) is 0 Å². The molecule has 0 aliphatic heterocycles. The summed E-state index contributed by atoms with van der Waals surface area (Å²) >= 11 is 0. The van der Waals surface area contributed by atoms with Gasteiger partial charge in [0.25, 0.3) is 0 Å². The van der Waals surface area contributed by atoms with Crippen molar-refractivity contribution in [3.63, 3.8) is 0 Å². The van der Waals surface area contributed by atoms with Crippen molar-refractivity contribution in [3.05, 3.63) is 29.3 Å². The molecule has 0 aromatic heterocycles. The van der Waals surface area contributed by atoms with Crippen LogP contribution < -0.4 is 4.74 Å². The molecule has 1 N–H and O–H groups in total. The van der Waals surface area contributed by atoms with Gasteiger partial charge in [-0.05, 0) is 36.1 Å². The fourth-order valence-electron chi connectivity index (χ4n) is 1.67. The first-order valence-corrected chi connectivity index (χ1v) is 6.16. The molecule has 2 nitrogen and oxygen atoms in total. The quantitative estimate of drug-likeness (QED) is 0.717. The van der Waals surface area contributed by atoms with Crippen molar-refractivity contribution >= 4 is 0 Å². The summed E-state index contributed by atoms with van der Waals surface area (Å²) in [5.41, 5.74) is 2.19. The Morgan fingerprint density at radius 1 is 1.06 bits per heavy atom. The molecule has 1 aromatic carbocycles. The van der Waals surface area contributed by atoms with Crippen LogP contribution in [0.2, 0.25) is 0 Å². The number of rotatable bonds is 7. The smallest absolute Gasteiger partial charge is 0.119 e. The summed E-state index contributed by atoms with van der Waals surface area (Å²) in [5.74, 6) is 0.892. The maximum Gasteiger partial charge on any atom is 0.119 e. The van der Waals surface area contributed by atoms with E-state index in [9.17, 15) is 5.11 Å². The van der Waals surface area contributed by atoms with Gasteiger partial charge < -0.3 is 9.84 Å². The zero-order valence-electron chi connectivity index (χ0n) is 10.3. The summed E-state index contributed by atoms with van der Waals surface area (Å²) in [4.78, 5) is 0. The van der Waals surface area contributed by atoms with E-state index in [0.29, 0.717) is 0 Å². The van der Waals surface area contributed by atoms with Crippen LogP contribution in [0.4, 0.5) is 0 Å². The number of hydrogen-bond donors (Lipinski definition) is 1. The molecule has 0 radical (unpaired) electrons. The predicted molar refractivity (Wildman–Crippen MR) is 66.8 cm³/mol. The molecule has 0 heterocycles. The van der Waals surface area contributed by atoms with Crippen LogP contribution >= 0.6 is 0 Å². The van der Waals surface area contributed by atoms with E-state index >= 15 is 0 Å². The minimum absolute atomic E-state index is 0.0850. The number of hydrogen-bond acceptors (Lipinski definition) is 2. The average Bonchev–Trinajstić information content (AvgIpc) is 2.29. The highest BCUT2D eigenvalue weighted by molar-refractivity contribution is 5.34. The van der Waals surface area contributed by atoms with Crippen molar-refractivity contribution in [1.29, 1.82) is 0 Å². The summed E-state index contributed by atoms with van der Waals surface area (Å²) < 4.78 is 5.66. The molecule has 0 amide bonds. The third-order valence-corrected chi connectivity index (χ3v) is 2.51. The van der Waals surface area contributed by atoms with Gasteiger partial charge in [-0.25, -0.2) is 0 Å². The van der Waals surface area contributed by atoms with E-state index in [4.69, 9.17) is 4.74 Å². The number of unbranched alkanes of at least 4 members (excludes halogenated alkanes) is 1. The van der Waals surface area contributed by atoms with E-state index in [0.717, 1.165) is 43.6 Å². The summed E-state index contributed by atoms with van der Waals surface area (Å²) in [7, 11) is 0. The molecule has 0 aliphatic carbocycles. The fourth-order valence-corrected chi connectivity index (χ4v) is 1.67. The highest BCUT2D eigenvalue weighted by atomic mass is 16.5. The molecule has 0 saturated carbocycles. The second kappa shape index (κ2) is 7.29. The van der Waals surface area contributed by atoms with Crippen molar-refractivity contribution in [2.24, 2.45) is 0 Å². The summed E-state index contributed by atoms with van der Waals surface area (Å²) in [6.07, 6.45) is 4.37. The van der Waals surface area contributed by atoms with Gasteiger partial charge in [0.2, 0.25) is 0 Å². The topological polar surface area (TPSA) is 29.5 Å². The van der Waals surface area contributed by atoms with Gasteiger partial charge in [0.1, 0.15) is 5.75 Å². The van der Waals surface area contributed by atoms with Crippen LogP contribution in [-0.2, 0) is 13.0 Å². The first kappa shape index (κ1) is 13.0. The maximum atomic E-state index is 9.17. The lowest BCUT2D eigenvalue weighted by molar-refractivity contribution is 0.278. The van der Waals surface area contributed by atoms with Crippen LogP contribution in [0.15, 0.2) is 18.2 Å². The second-order valence-electron chi connectivity index (χ2n) is 4.10. The van der Waals surface area contributed by atoms with Crippen LogP contribution in [0.1, 0.15) is 44.2 Å². The average molecular weight is 222 g/mol. The zero-order valence-corrected chi connectivity index (χ0v) is 10.3. The molecule has 16 heavy (non-hydrogen) atoms. The number of ether oxygens (including phenoxy) is 1. The minimum Gasteiger partial charge on any atom is -0.494 e. The number of aryl methyl sites for hydroxylation is 1. The van der Waals surface area contributed by atoms with E-state index in [1.165, 1.54) is 5.56 Å². The van der Waals surface area contributed by atoms with Crippen molar-refractivity contribution in [3.8, 4) is 5.75 Å². The van der Waals surface area contributed by atoms with Crippen LogP contribution in [0.3, 0.4) is 0 Å².